The Morgan fingerprint density at radius 3 is 2.38 bits per heavy atom. The molecule has 1 rings (SSSR count). The van der Waals surface area contributed by atoms with Crippen LogP contribution in [-0.2, 0) is 0 Å². The van der Waals surface area contributed by atoms with E-state index >= 15 is 0 Å². The Kier molecular flexibility index (Phi) is 3.34. The fourth-order valence-corrected chi connectivity index (χ4v) is 2.07. The molecule has 0 saturated carbocycles. The van der Waals surface area contributed by atoms with E-state index in [1.165, 1.54) is 0 Å². The zero-order chi connectivity index (χ0) is 10.1. The lowest BCUT2D eigenvalue weighted by atomic mass is 9.79. The van der Waals surface area contributed by atoms with Gasteiger partial charge in [-0.2, -0.15) is 0 Å². The summed E-state index contributed by atoms with van der Waals surface area (Å²) in [6.45, 7) is 1.86. The van der Waals surface area contributed by atoms with Gasteiger partial charge >= 0.3 is 0 Å². The van der Waals surface area contributed by atoms with E-state index in [1.807, 2.05) is 31.2 Å². The van der Waals surface area contributed by atoms with E-state index in [2.05, 4.69) is 0 Å². The topological polar surface area (TPSA) is 20.2 Å². The molecule has 1 nitrogen and oxygen atoms in total. The van der Waals surface area contributed by atoms with Gasteiger partial charge in [0.1, 0.15) is 6.10 Å². The molecule has 2 atom stereocenters. The lowest BCUT2D eigenvalue weighted by Gasteiger charge is -2.35. The van der Waals surface area contributed by atoms with Crippen molar-refractivity contribution in [3.8, 4) is 0 Å². The second kappa shape index (κ2) is 3.82. The monoisotopic (exact) mass is 240 g/mol. The predicted molar refractivity (Wildman–Crippen MR) is 57.3 cm³/mol. The van der Waals surface area contributed by atoms with Gasteiger partial charge in [0.15, 0.2) is 0 Å². The van der Waals surface area contributed by atoms with E-state index in [1.54, 1.807) is 0 Å². The molecule has 2 unspecified atom stereocenters. The van der Waals surface area contributed by atoms with Gasteiger partial charge in [0.2, 0.25) is 3.79 Å². The van der Waals surface area contributed by atoms with E-state index < -0.39 is 15.3 Å². The second-order valence-electron chi connectivity index (χ2n) is 3.44. The summed E-state index contributed by atoms with van der Waals surface area (Å²) in [6, 6.07) is 0. The van der Waals surface area contributed by atoms with Crippen LogP contribution in [0.4, 0.5) is 0 Å². The number of aliphatic hydroxyl groups is 1. The Hall–Kier alpha value is 0.310. The van der Waals surface area contributed by atoms with Gasteiger partial charge in [-0.25, -0.2) is 0 Å². The predicted octanol–water partition coefficient (Wildman–Crippen LogP) is 3.24. The summed E-state index contributed by atoms with van der Waals surface area (Å²) in [6.07, 6.45) is 7.25. The van der Waals surface area contributed by atoms with Crippen LogP contribution in [0.15, 0.2) is 24.3 Å². The highest BCUT2D eigenvalue weighted by molar-refractivity contribution is 6.68. The third-order valence-electron chi connectivity index (χ3n) is 2.22. The van der Waals surface area contributed by atoms with Crippen molar-refractivity contribution < 1.29 is 5.11 Å². The van der Waals surface area contributed by atoms with Crippen molar-refractivity contribution in [3.05, 3.63) is 24.3 Å². The number of hydrogen-bond donors (Lipinski definition) is 1. The minimum atomic E-state index is -1.63. The standard InChI is InChI=1S/C9H11Cl3O/c1-8(5-3-2-4-6-8)7(13)9(10,11)12/h2-5,7,13H,6H2,1H3. The Balaban J connectivity index is 2.81. The van der Waals surface area contributed by atoms with Crippen molar-refractivity contribution >= 4 is 34.8 Å². The SMILES string of the molecule is CC1(C(O)C(Cl)(Cl)Cl)C=CC=CC1. The first kappa shape index (κ1) is 11.4. The van der Waals surface area contributed by atoms with Crippen LogP contribution < -0.4 is 0 Å². The fraction of sp³-hybridized carbons (Fsp3) is 0.556. The molecule has 4 heteroatoms. The highest BCUT2D eigenvalue weighted by Gasteiger charge is 2.43. The Morgan fingerprint density at radius 2 is 2.00 bits per heavy atom. The molecule has 1 N–H and O–H groups in total. The van der Waals surface area contributed by atoms with Crippen molar-refractivity contribution in [1.29, 1.82) is 0 Å². The Labute approximate surface area is 93.0 Å². The molecule has 0 heterocycles. The van der Waals surface area contributed by atoms with Crippen LogP contribution in [0.3, 0.4) is 0 Å². The number of halogens is 3. The number of rotatable bonds is 1. The first-order valence-electron chi connectivity index (χ1n) is 3.95. The van der Waals surface area contributed by atoms with E-state index in [4.69, 9.17) is 34.8 Å². The van der Waals surface area contributed by atoms with Gasteiger partial charge in [-0.05, 0) is 6.42 Å². The van der Waals surface area contributed by atoms with Crippen LogP contribution in [0, 0.1) is 5.41 Å². The van der Waals surface area contributed by atoms with E-state index in [0.717, 1.165) is 0 Å². The van der Waals surface area contributed by atoms with Crippen molar-refractivity contribution in [3.63, 3.8) is 0 Å². The van der Waals surface area contributed by atoms with Crippen LogP contribution >= 0.6 is 34.8 Å². The van der Waals surface area contributed by atoms with Crippen molar-refractivity contribution in [1.82, 2.24) is 0 Å². The molecule has 0 saturated heterocycles. The largest absolute Gasteiger partial charge is 0.388 e. The lowest BCUT2D eigenvalue weighted by molar-refractivity contribution is 0.0746. The van der Waals surface area contributed by atoms with Gasteiger partial charge in [-0.3, -0.25) is 0 Å². The van der Waals surface area contributed by atoms with Gasteiger partial charge in [0.05, 0.1) is 0 Å². The number of aliphatic hydroxyl groups excluding tert-OH is 1. The number of hydrogen-bond acceptors (Lipinski definition) is 1. The molecule has 0 amide bonds. The average molecular weight is 242 g/mol. The van der Waals surface area contributed by atoms with Crippen LogP contribution in [0.2, 0.25) is 0 Å². The molecule has 0 aromatic rings. The van der Waals surface area contributed by atoms with Gasteiger partial charge < -0.3 is 5.11 Å². The van der Waals surface area contributed by atoms with Crippen LogP contribution in [-0.4, -0.2) is 15.0 Å². The van der Waals surface area contributed by atoms with E-state index in [0.29, 0.717) is 6.42 Å². The summed E-state index contributed by atoms with van der Waals surface area (Å²) >= 11 is 16.9. The summed E-state index contributed by atoms with van der Waals surface area (Å²) in [5, 5.41) is 9.79. The summed E-state index contributed by atoms with van der Waals surface area (Å²) in [4.78, 5) is 0. The summed E-state index contributed by atoms with van der Waals surface area (Å²) in [5.74, 6) is 0. The van der Waals surface area contributed by atoms with Gasteiger partial charge in [0, 0.05) is 5.41 Å². The third kappa shape index (κ3) is 2.63. The maximum atomic E-state index is 9.79. The number of allylic oxidation sites excluding steroid dienone is 3. The fourth-order valence-electron chi connectivity index (χ4n) is 1.32. The molecule has 0 radical (unpaired) electrons. The maximum Gasteiger partial charge on any atom is 0.216 e. The molecular weight excluding hydrogens is 230 g/mol. The van der Waals surface area contributed by atoms with Crippen molar-refractivity contribution in [2.75, 3.05) is 0 Å². The molecule has 1 aliphatic rings. The minimum absolute atomic E-state index is 0.486. The maximum absolute atomic E-state index is 9.79. The molecule has 0 spiro atoms. The molecule has 13 heavy (non-hydrogen) atoms. The zero-order valence-electron chi connectivity index (χ0n) is 7.17. The van der Waals surface area contributed by atoms with Gasteiger partial charge in [0.25, 0.3) is 0 Å². The smallest absolute Gasteiger partial charge is 0.216 e. The molecule has 0 aromatic carbocycles. The summed E-state index contributed by atoms with van der Waals surface area (Å²) in [7, 11) is 0. The molecular formula is C9H11Cl3O. The van der Waals surface area contributed by atoms with Crippen LogP contribution in [0.5, 0.6) is 0 Å². The van der Waals surface area contributed by atoms with Crippen molar-refractivity contribution in [2.45, 2.75) is 23.2 Å². The van der Waals surface area contributed by atoms with Crippen LogP contribution in [0.1, 0.15) is 13.3 Å². The normalized spacial score (nSPS) is 30.5. The van der Waals surface area contributed by atoms with Gasteiger partial charge in [-0.1, -0.05) is 66.0 Å². The quantitative estimate of drug-likeness (QED) is 0.699. The van der Waals surface area contributed by atoms with E-state index in [-0.39, 0.29) is 0 Å². The number of alkyl halides is 3. The van der Waals surface area contributed by atoms with E-state index in [9.17, 15) is 5.11 Å². The first-order valence-corrected chi connectivity index (χ1v) is 5.09. The molecule has 0 aromatic heterocycles. The Morgan fingerprint density at radius 1 is 1.38 bits per heavy atom. The Bertz CT molecular complexity index is 242. The first-order chi connectivity index (χ1) is 5.86. The second-order valence-corrected chi connectivity index (χ2v) is 5.81. The van der Waals surface area contributed by atoms with Gasteiger partial charge in [-0.15, -0.1) is 0 Å². The van der Waals surface area contributed by atoms with Crippen LogP contribution in [0.25, 0.3) is 0 Å². The molecule has 0 aliphatic heterocycles. The molecule has 0 bridgehead atoms. The highest BCUT2D eigenvalue weighted by atomic mass is 35.6. The van der Waals surface area contributed by atoms with Crippen molar-refractivity contribution in [2.24, 2.45) is 5.41 Å². The molecule has 0 fully saturated rings. The molecule has 74 valence electrons. The highest BCUT2D eigenvalue weighted by Crippen LogP contribution is 2.43. The third-order valence-corrected chi connectivity index (χ3v) is 2.84. The summed E-state index contributed by atoms with van der Waals surface area (Å²) in [5.41, 5.74) is -0.486. The average Bonchev–Trinajstić information content (AvgIpc) is 2.03. The molecule has 1 aliphatic carbocycles. The lowest BCUT2D eigenvalue weighted by Crippen LogP contribution is -2.40. The minimum Gasteiger partial charge on any atom is -0.388 e. The zero-order valence-corrected chi connectivity index (χ0v) is 9.44. The summed E-state index contributed by atoms with van der Waals surface area (Å²) < 4.78 is -1.63.